The fraction of sp³-hybridized carbons (Fsp3) is 0.459. The number of alkyl halides is 3. The van der Waals surface area contributed by atoms with Gasteiger partial charge in [0, 0.05) is 43.4 Å². The Labute approximate surface area is 280 Å². The molecular weight excluding hydrogens is 623 g/mol. The van der Waals surface area contributed by atoms with E-state index in [2.05, 4.69) is 5.32 Å². The lowest BCUT2D eigenvalue weighted by atomic mass is 10.0. The first kappa shape index (κ1) is 36.9. The molecule has 0 aliphatic carbocycles. The third-order valence-corrected chi connectivity index (χ3v) is 8.57. The molecular formula is C37H46F3N3O5. The van der Waals surface area contributed by atoms with E-state index < -0.39 is 17.8 Å². The first-order valence-corrected chi connectivity index (χ1v) is 16.4. The second-order valence-corrected chi connectivity index (χ2v) is 12.7. The summed E-state index contributed by atoms with van der Waals surface area (Å²) >= 11 is 0. The number of hydrogen-bond donors (Lipinski definition) is 2. The van der Waals surface area contributed by atoms with Crippen LogP contribution in [-0.2, 0) is 17.5 Å². The number of hydrogen-bond acceptors (Lipinski definition) is 6. The third-order valence-electron chi connectivity index (χ3n) is 8.57. The van der Waals surface area contributed by atoms with E-state index in [-0.39, 0.29) is 48.7 Å². The number of rotatable bonds is 8. The zero-order valence-electron chi connectivity index (χ0n) is 28.0. The Morgan fingerprint density at radius 3 is 2.44 bits per heavy atom. The van der Waals surface area contributed by atoms with Crippen LogP contribution < -0.4 is 10.1 Å². The maximum atomic E-state index is 14.3. The van der Waals surface area contributed by atoms with Gasteiger partial charge >= 0.3 is 6.18 Å². The van der Waals surface area contributed by atoms with Crippen LogP contribution in [0, 0.1) is 5.92 Å². The molecule has 1 aliphatic heterocycles. The Kier molecular flexibility index (Phi) is 13.0. The van der Waals surface area contributed by atoms with Crippen LogP contribution in [0.3, 0.4) is 0 Å². The smallest absolute Gasteiger partial charge is 0.416 e. The van der Waals surface area contributed by atoms with Gasteiger partial charge < -0.3 is 24.8 Å². The van der Waals surface area contributed by atoms with E-state index in [1.54, 1.807) is 54.3 Å². The second kappa shape index (κ2) is 16.9. The predicted octanol–water partition coefficient (Wildman–Crippen LogP) is 6.89. The second-order valence-electron chi connectivity index (χ2n) is 12.7. The third kappa shape index (κ3) is 10.3. The minimum absolute atomic E-state index is 0.176. The molecule has 0 saturated heterocycles. The van der Waals surface area contributed by atoms with Crippen LogP contribution in [0.15, 0.2) is 72.8 Å². The number of nitrogens with one attached hydrogen (secondary N) is 1. The van der Waals surface area contributed by atoms with Crippen molar-refractivity contribution >= 4 is 17.5 Å². The Morgan fingerprint density at radius 2 is 1.77 bits per heavy atom. The van der Waals surface area contributed by atoms with Gasteiger partial charge in [-0.05, 0) is 88.2 Å². The molecule has 2 amide bonds. The van der Waals surface area contributed by atoms with Gasteiger partial charge in [-0.1, -0.05) is 37.3 Å². The minimum atomic E-state index is -4.39. The summed E-state index contributed by atoms with van der Waals surface area (Å²) in [4.78, 5) is 30.9. The predicted molar refractivity (Wildman–Crippen MR) is 179 cm³/mol. The van der Waals surface area contributed by atoms with Gasteiger partial charge in [-0.15, -0.1) is 0 Å². The van der Waals surface area contributed by atoms with E-state index in [1.807, 2.05) is 31.9 Å². The van der Waals surface area contributed by atoms with Crippen molar-refractivity contribution < 1.29 is 37.3 Å². The van der Waals surface area contributed by atoms with Crippen LogP contribution in [0.2, 0.25) is 0 Å². The number of halogens is 3. The number of aliphatic hydroxyl groups excluding tert-OH is 1. The van der Waals surface area contributed by atoms with Crippen LogP contribution in [0.25, 0.3) is 0 Å². The summed E-state index contributed by atoms with van der Waals surface area (Å²) in [5.74, 6) is -0.442. The van der Waals surface area contributed by atoms with Crippen molar-refractivity contribution in [2.24, 2.45) is 5.92 Å². The molecule has 8 nitrogen and oxygen atoms in total. The van der Waals surface area contributed by atoms with E-state index in [1.165, 1.54) is 12.1 Å². The number of likely N-dealkylation sites (N-methyl/N-ethyl adjacent to an activating group) is 1. The molecule has 0 fully saturated rings. The first-order valence-electron chi connectivity index (χ1n) is 16.4. The summed E-state index contributed by atoms with van der Waals surface area (Å²) in [6, 6.07) is 18.4. The number of nitrogens with zero attached hydrogens (tertiary/aromatic N) is 2. The zero-order chi connectivity index (χ0) is 34.8. The molecule has 1 heterocycles. The van der Waals surface area contributed by atoms with Gasteiger partial charge in [-0.3, -0.25) is 14.5 Å². The van der Waals surface area contributed by atoms with E-state index in [4.69, 9.17) is 9.47 Å². The summed E-state index contributed by atoms with van der Waals surface area (Å²) in [6.07, 6.45) is -2.53. The van der Waals surface area contributed by atoms with Crippen molar-refractivity contribution in [2.45, 2.75) is 71.0 Å². The number of ether oxygens (including phenoxy) is 2. The molecule has 11 heteroatoms. The molecule has 260 valence electrons. The van der Waals surface area contributed by atoms with Gasteiger partial charge in [0.15, 0.2) is 0 Å². The molecule has 4 atom stereocenters. The van der Waals surface area contributed by atoms with E-state index in [0.29, 0.717) is 36.7 Å². The van der Waals surface area contributed by atoms with Gasteiger partial charge in [0.2, 0.25) is 0 Å². The molecule has 3 aromatic rings. The standard InChI is InChI=1S/C37H46F3N3O5/c1-25-21-43(26(2)24-44)36(46)32-20-31(41-35(45)29-11-6-5-7-12-29)17-18-33(32)48-27(3)10-8-9-19-47-34(25)23-42(4)22-28-13-15-30(16-14-28)37(38,39)40/h5-7,11-18,20,25-27,34,44H,8-10,19,21-24H2,1-4H3,(H,41,45)/t25-,26+,27+,34+/m1/s1. The maximum absolute atomic E-state index is 14.3. The number of anilines is 1. The van der Waals surface area contributed by atoms with Gasteiger partial charge in [0.25, 0.3) is 11.8 Å². The van der Waals surface area contributed by atoms with Crippen LogP contribution in [-0.4, -0.2) is 78.3 Å². The van der Waals surface area contributed by atoms with Crippen molar-refractivity contribution in [3.8, 4) is 5.75 Å². The maximum Gasteiger partial charge on any atom is 0.416 e. The van der Waals surface area contributed by atoms with Crippen molar-refractivity contribution in [1.82, 2.24) is 9.80 Å². The highest BCUT2D eigenvalue weighted by Gasteiger charge is 2.32. The molecule has 0 radical (unpaired) electrons. The Bertz CT molecular complexity index is 1490. The molecule has 4 rings (SSSR count). The fourth-order valence-electron chi connectivity index (χ4n) is 5.74. The summed E-state index contributed by atoms with van der Waals surface area (Å²) in [7, 11) is 1.89. The lowest BCUT2D eigenvalue weighted by Crippen LogP contribution is -2.47. The van der Waals surface area contributed by atoms with Crippen LogP contribution >= 0.6 is 0 Å². The van der Waals surface area contributed by atoms with Gasteiger partial charge in [-0.2, -0.15) is 13.2 Å². The normalized spacial score (nSPS) is 20.4. The number of carbonyl (C=O) groups is 2. The van der Waals surface area contributed by atoms with E-state index in [0.717, 1.165) is 37.0 Å². The van der Waals surface area contributed by atoms with E-state index >= 15 is 0 Å². The highest BCUT2D eigenvalue weighted by molar-refractivity contribution is 6.05. The quantitative estimate of drug-likeness (QED) is 0.272. The summed E-state index contributed by atoms with van der Waals surface area (Å²) < 4.78 is 51.8. The molecule has 0 saturated carbocycles. The van der Waals surface area contributed by atoms with Crippen LogP contribution in [0.1, 0.15) is 71.9 Å². The Hall–Kier alpha value is -3.93. The molecule has 3 aromatic carbocycles. The Morgan fingerprint density at radius 1 is 1.06 bits per heavy atom. The number of carbonyl (C=O) groups excluding carboxylic acids is 2. The molecule has 0 aromatic heterocycles. The van der Waals surface area contributed by atoms with E-state index in [9.17, 15) is 27.9 Å². The van der Waals surface area contributed by atoms with Gasteiger partial charge in [0.05, 0.1) is 36.0 Å². The lowest BCUT2D eigenvalue weighted by Gasteiger charge is -2.36. The summed E-state index contributed by atoms with van der Waals surface area (Å²) in [6.45, 7) is 7.09. The largest absolute Gasteiger partial charge is 0.490 e. The number of benzene rings is 3. The Balaban J connectivity index is 1.58. The zero-order valence-corrected chi connectivity index (χ0v) is 28.0. The monoisotopic (exact) mass is 669 g/mol. The van der Waals surface area contributed by atoms with Crippen molar-refractivity contribution in [3.05, 3.63) is 95.1 Å². The lowest BCUT2D eigenvalue weighted by molar-refractivity contribution is -0.137. The van der Waals surface area contributed by atoms with Gasteiger partial charge in [0.1, 0.15) is 5.75 Å². The fourth-order valence-corrected chi connectivity index (χ4v) is 5.74. The topological polar surface area (TPSA) is 91.3 Å². The highest BCUT2D eigenvalue weighted by Crippen LogP contribution is 2.30. The number of aliphatic hydroxyl groups is 1. The van der Waals surface area contributed by atoms with Crippen LogP contribution in [0.4, 0.5) is 18.9 Å². The highest BCUT2D eigenvalue weighted by atomic mass is 19.4. The summed E-state index contributed by atoms with van der Waals surface area (Å²) in [5.41, 5.74) is 1.24. The molecule has 48 heavy (non-hydrogen) atoms. The SMILES string of the molecule is C[C@@H]1CN([C@@H](C)CO)C(=O)c2cc(NC(=O)c3ccccc3)ccc2O[C@@H](C)CCCCO[C@H]1CN(C)Cc1ccc(C(F)(F)F)cc1. The van der Waals surface area contributed by atoms with Crippen LogP contribution in [0.5, 0.6) is 5.75 Å². The minimum Gasteiger partial charge on any atom is -0.490 e. The van der Waals surface area contributed by atoms with Gasteiger partial charge in [-0.25, -0.2) is 0 Å². The van der Waals surface area contributed by atoms with Crippen molar-refractivity contribution in [1.29, 1.82) is 0 Å². The molecule has 1 aliphatic rings. The van der Waals surface area contributed by atoms with Crippen molar-refractivity contribution in [3.63, 3.8) is 0 Å². The summed E-state index contributed by atoms with van der Waals surface area (Å²) in [5, 5.41) is 13.1. The van der Waals surface area contributed by atoms with Crippen molar-refractivity contribution in [2.75, 3.05) is 38.7 Å². The molecule has 0 bridgehead atoms. The molecule has 2 N–H and O–H groups in total. The average molecular weight is 670 g/mol. The average Bonchev–Trinajstić information content (AvgIpc) is 3.06. The first-order chi connectivity index (χ1) is 22.8. The number of amides is 2. The molecule has 0 unspecified atom stereocenters. The molecule has 0 spiro atoms. The number of fused-ring (bicyclic) bond motifs is 1.